The number of benzene rings is 4. The molecule has 0 aliphatic carbocycles. The van der Waals surface area contributed by atoms with Crippen molar-refractivity contribution >= 4 is 11.9 Å². The Labute approximate surface area is 300 Å². The van der Waals surface area contributed by atoms with Gasteiger partial charge in [0.05, 0.1) is 26.4 Å². The van der Waals surface area contributed by atoms with Gasteiger partial charge in [-0.2, -0.15) is 0 Å². The molecule has 0 radical (unpaired) electrons. The van der Waals surface area contributed by atoms with E-state index in [1.165, 1.54) is 0 Å². The number of hydrogen-bond donors (Lipinski definition) is 2. The fourth-order valence-corrected chi connectivity index (χ4v) is 4.67. The van der Waals surface area contributed by atoms with Gasteiger partial charge in [0.15, 0.2) is 23.0 Å². The van der Waals surface area contributed by atoms with E-state index in [1.807, 2.05) is 65.8 Å². The van der Waals surface area contributed by atoms with Gasteiger partial charge in [0.1, 0.15) is 11.5 Å². The van der Waals surface area contributed by atoms with Crippen molar-refractivity contribution in [3.05, 3.63) is 121 Å². The Morgan fingerprint density at radius 2 is 0.863 bits per heavy atom. The molecule has 10 nitrogen and oxygen atoms in total. The Morgan fingerprint density at radius 3 is 1.12 bits per heavy atom. The molecule has 0 saturated carbocycles. The van der Waals surface area contributed by atoms with Gasteiger partial charge in [-0.3, -0.25) is 0 Å². The van der Waals surface area contributed by atoms with Crippen LogP contribution in [0.15, 0.2) is 110 Å². The SMILES string of the molecule is C=CC(=O)Oc1ccc(C(C)(C)c2ccc(OC(=O)C=C)c(OCC)c2OCC)c(OCC)c1OCC.Oc1ccccc1.Oc1ccccc1. The number of hydrogen-bond acceptors (Lipinski definition) is 10. The van der Waals surface area contributed by atoms with Crippen molar-refractivity contribution in [1.82, 2.24) is 0 Å². The maximum Gasteiger partial charge on any atom is 0.335 e. The van der Waals surface area contributed by atoms with Crippen molar-refractivity contribution in [2.45, 2.75) is 47.0 Å². The molecule has 0 aromatic heterocycles. The molecule has 0 bridgehead atoms. The quantitative estimate of drug-likeness (QED) is 0.0750. The van der Waals surface area contributed by atoms with Crippen molar-refractivity contribution < 1.29 is 48.2 Å². The largest absolute Gasteiger partial charge is 0.508 e. The minimum atomic E-state index is -0.728. The third-order valence-electron chi connectivity index (χ3n) is 6.92. The predicted molar refractivity (Wildman–Crippen MR) is 198 cm³/mol. The summed E-state index contributed by atoms with van der Waals surface area (Å²) < 4.78 is 34.7. The second-order valence-corrected chi connectivity index (χ2v) is 10.8. The number of ether oxygens (including phenoxy) is 6. The number of para-hydroxylation sites is 2. The Bertz CT molecular complexity index is 1570. The lowest BCUT2D eigenvalue weighted by Gasteiger charge is -2.32. The monoisotopic (exact) mass is 700 g/mol. The van der Waals surface area contributed by atoms with Gasteiger partial charge in [0.2, 0.25) is 11.5 Å². The van der Waals surface area contributed by atoms with Crippen LogP contribution < -0.4 is 28.4 Å². The first-order chi connectivity index (χ1) is 24.5. The third kappa shape index (κ3) is 12.2. The highest BCUT2D eigenvalue weighted by Gasteiger charge is 2.35. The van der Waals surface area contributed by atoms with Gasteiger partial charge in [-0.15, -0.1) is 0 Å². The van der Waals surface area contributed by atoms with Gasteiger partial charge in [0, 0.05) is 28.7 Å². The van der Waals surface area contributed by atoms with E-state index < -0.39 is 17.4 Å². The van der Waals surface area contributed by atoms with Crippen molar-refractivity contribution in [1.29, 1.82) is 0 Å². The number of carbonyl (C=O) groups is 2. The van der Waals surface area contributed by atoms with Gasteiger partial charge in [-0.25, -0.2) is 9.59 Å². The summed E-state index contributed by atoms with van der Waals surface area (Å²) >= 11 is 0. The molecule has 0 amide bonds. The molecule has 0 aliphatic heterocycles. The van der Waals surface area contributed by atoms with Crippen LogP contribution in [0.2, 0.25) is 0 Å². The molecule has 2 N–H and O–H groups in total. The van der Waals surface area contributed by atoms with Crippen LogP contribution in [0.5, 0.6) is 46.0 Å². The minimum Gasteiger partial charge on any atom is -0.508 e. The fraction of sp³-hybridized carbons (Fsp3) is 0.268. The molecule has 51 heavy (non-hydrogen) atoms. The van der Waals surface area contributed by atoms with Crippen molar-refractivity contribution in [2.75, 3.05) is 26.4 Å². The van der Waals surface area contributed by atoms with E-state index in [0.717, 1.165) is 23.3 Å². The third-order valence-corrected chi connectivity index (χ3v) is 6.92. The first kappa shape index (κ1) is 41.3. The van der Waals surface area contributed by atoms with Gasteiger partial charge in [-0.05, 0) is 64.1 Å². The number of aromatic hydroxyl groups is 2. The van der Waals surface area contributed by atoms with Crippen LogP contribution in [0.3, 0.4) is 0 Å². The molecule has 0 atom stereocenters. The molecule has 0 fully saturated rings. The summed E-state index contributed by atoms with van der Waals surface area (Å²) in [6.45, 7) is 19.6. The number of phenols is 2. The molecule has 4 aromatic carbocycles. The second-order valence-electron chi connectivity index (χ2n) is 10.8. The van der Waals surface area contributed by atoms with E-state index in [2.05, 4.69) is 13.2 Å². The summed E-state index contributed by atoms with van der Waals surface area (Å²) in [5.74, 6) is 1.36. The van der Waals surface area contributed by atoms with Crippen molar-refractivity contribution in [3.63, 3.8) is 0 Å². The van der Waals surface area contributed by atoms with Crippen LogP contribution in [0.25, 0.3) is 0 Å². The Morgan fingerprint density at radius 1 is 0.549 bits per heavy atom. The first-order valence-corrected chi connectivity index (χ1v) is 16.5. The summed E-state index contributed by atoms with van der Waals surface area (Å²) in [7, 11) is 0. The van der Waals surface area contributed by atoms with Crippen molar-refractivity contribution in [2.24, 2.45) is 0 Å². The molecule has 4 rings (SSSR count). The van der Waals surface area contributed by atoms with E-state index in [9.17, 15) is 9.59 Å². The molecule has 0 heterocycles. The van der Waals surface area contributed by atoms with E-state index in [1.54, 1.807) is 60.7 Å². The van der Waals surface area contributed by atoms with Gasteiger partial charge >= 0.3 is 11.9 Å². The van der Waals surface area contributed by atoms with E-state index in [0.29, 0.717) is 60.9 Å². The topological polar surface area (TPSA) is 130 Å². The average Bonchev–Trinajstić information content (AvgIpc) is 3.12. The molecule has 272 valence electrons. The number of rotatable bonds is 14. The summed E-state index contributed by atoms with van der Waals surface area (Å²) in [5, 5.41) is 17.3. The van der Waals surface area contributed by atoms with Crippen LogP contribution in [0.1, 0.15) is 52.7 Å². The minimum absolute atomic E-state index is 0.224. The van der Waals surface area contributed by atoms with Crippen LogP contribution in [0, 0.1) is 0 Å². The fourth-order valence-electron chi connectivity index (χ4n) is 4.67. The normalized spacial score (nSPS) is 10.2. The summed E-state index contributed by atoms with van der Waals surface area (Å²) in [6, 6.07) is 24.4. The average molecular weight is 701 g/mol. The zero-order chi connectivity index (χ0) is 37.8. The lowest BCUT2D eigenvalue weighted by molar-refractivity contribution is -0.130. The number of esters is 2. The zero-order valence-electron chi connectivity index (χ0n) is 30.1. The highest BCUT2D eigenvalue weighted by molar-refractivity contribution is 5.85. The molecule has 0 spiro atoms. The van der Waals surface area contributed by atoms with E-state index >= 15 is 0 Å². The van der Waals surface area contributed by atoms with Crippen LogP contribution in [-0.4, -0.2) is 48.6 Å². The molecular weight excluding hydrogens is 652 g/mol. The Balaban J connectivity index is 0.000000526. The van der Waals surface area contributed by atoms with Gasteiger partial charge in [-0.1, -0.05) is 75.5 Å². The molecule has 0 aliphatic rings. The molecular formula is C41H48O10. The van der Waals surface area contributed by atoms with Gasteiger partial charge < -0.3 is 38.6 Å². The standard InChI is InChI=1S/C29H36O8.2C6H6O/c1-9-23(30)36-21-17-15-19(25(32-11-3)27(21)34-13-5)29(7,8)20-16-18-22(37-24(31)10-2)28(35-14-6)26(20)33-12-4;2*7-6-4-2-1-3-5-6/h9-10,15-18H,1-2,11-14H2,3-8H3;2*1-5,7H. The number of phenolic OH excluding ortho intramolecular Hbond substituents is 2. The molecule has 4 aromatic rings. The first-order valence-electron chi connectivity index (χ1n) is 16.5. The lowest BCUT2D eigenvalue weighted by Crippen LogP contribution is -2.23. The highest BCUT2D eigenvalue weighted by Crippen LogP contribution is 2.52. The molecule has 0 unspecified atom stereocenters. The molecule has 0 saturated heterocycles. The highest BCUT2D eigenvalue weighted by atomic mass is 16.6. The Hall–Kier alpha value is -5.90. The van der Waals surface area contributed by atoms with E-state index in [-0.39, 0.29) is 11.5 Å². The zero-order valence-corrected chi connectivity index (χ0v) is 30.1. The summed E-state index contributed by atoms with van der Waals surface area (Å²) in [5.41, 5.74) is 0.792. The van der Waals surface area contributed by atoms with Crippen LogP contribution >= 0.6 is 0 Å². The van der Waals surface area contributed by atoms with Crippen molar-refractivity contribution in [3.8, 4) is 46.0 Å². The van der Waals surface area contributed by atoms with Crippen LogP contribution in [0.4, 0.5) is 0 Å². The molecule has 10 heteroatoms. The maximum atomic E-state index is 11.9. The van der Waals surface area contributed by atoms with E-state index in [4.69, 9.17) is 38.6 Å². The predicted octanol–water partition coefficient (Wildman–Crippen LogP) is 8.57. The Kier molecular flexibility index (Phi) is 17.2. The maximum absolute atomic E-state index is 11.9. The van der Waals surface area contributed by atoms with Gasteiger partial charge in [0.25, 0.3) is 0 Å². The second kappa shape index (κ2) is 21.2. The number of carbonyl (C=O) groups excluding carboxylic acids is 2. The van der Waals surface area contributed by atoms with Crippen LogP contribution in [-0.2, 0) is 15.0 Å². The lowest BCUT2D eigenvalue weighted by atomic mass is 9.76. The summed E-state index contributed by atoms with van der Waals surface area (Å²) in [4.78, 5) is 23.9. The smallest absolute Gasteiger partial charge is 0.335 e. The summed E-state index contributed by atoms with van der Waals surface area (Å²) in [6.07, 6.45) is 2.16.